The van der Waals surface area contributed by atoms with Gasteiger partial charge in [-0.15, -0.1) is 5.10 Å². The normalized spacial score (nSPS) is 17.2. The van der Waals surface area contributed by atoms with Gasteiger partial charge in [0, 0.05) is 18.4 Å². The minimum atomic E-state index is 0.193. The average Bonchev–Trinajstić information content (AvgIpc) is 3.29. The molecule has 1 aromatic carbocycles. The molecule has 0 aliphatic carbocycles. The first-order chi connectivity index (χ1) is 11.9. The second-order valence-electron chi connectivity index (χ2n) is 5.47. The third-order valence-electron chi connectivity index (χ3n) is 3.76. The maximum Gasteiger partial charge on any atom is 0.215 e. The molecule has 3 heterocycles. The van der Waals surface area contributed by atoms with Gasteiger partial charge in [-0.25, -0.2) is 14.6 Å². The molecule has 1 atom stereocenters. The lowest BCUT2D eigenvalue weighted by Gasteiger charge is -2.09. The molecule has 0 bridgehead atoms. The summed E-state index contributed by atoms with van der Waals surface area (Å²) < 4.78 is 7.44. The number of hydrogen-bond donors (Lipinski definition) is 0. The minimum Gasteiger partial charge on any atom is -0.376 e. The lowest BCUT2D eigenvalue weighted by Crippen LogP contribution is -2.16. The number of benzene rings is 1. The van der Waals surface area contributed by atoms with Crippen LogP contribution in [-0.4, -0.2) is 42.9 Å². The van der Waals surface area contributed by atoms with Crippen molar-refractivity contribution in [1.82, 2.24) is 30.2 Å². The summed E-state index contributed by atoms with van der Waals surface area (Å²) in [5.41, 5.74) is 0.985. The predicted molar refractivity (Wildman–Crippen MR) is 88.4 cm³/mol. The summed E-state index contributed by atoms with van der Waals surface area (Å²) in [4.78, 5) is 8.94. The van der Waals surface area contributed by atoms with E-state index in [9.17, 15) is 0 Å². The van der Waals surface area contributed by atoms with Crippen LogP contribution in [0.15, 0.2) is 52.8 Å². The minimum absolute atomic E-state index is 0.193. The fourth-order valence-electron chi connectivity index (χ4n) is 2.58. The number of ether oxygens (including phenoxy) is 1. The number of hydrogen-bond acceptors (Lipinski definition) is 7. The summed E-state index contributed by atoms with van der Waals surface area (Å²) in [7, 11) is 0. The van der Waals surface area contributed by atoms with Crippen molar-refractivity contribution in [3.8, 4) is 11.4 Å². The molecule has 0 radical (unpaired) electrons. The highest BCUT2D eigenvalue weighted by atomic mass is 32.2. The Bertz CT molecular complexity index is 803. The van der Waals surface area contributed by atoms with Crippen molar-refractivity contribution in [2.75, 3.05) is 6.61 Å². The Morgan fingerprint density at radius 3 is 2.96 bits per heavy atom. The van der Waals surface area contributed by atoms with Crippen molar-refractivity contribution in [2.24, 2.45) is 0 Å². The largest absolute Gasteiger partial charge is 0.376 e. The Balaban J connectivity index is 1.53. The van der Waals surface area contributed by atoms with E-state index >= 15 is 0 Å². The van der Waals surface area contributed by atoms with Crippen molar-refractivity contribution in [1.29, 1.82) is 0 Å². The van der Waals surface area contributed by atoms with Gasteiger partial charge in [0.1, 0.15) is 5.03 Å². The Labute approximate surface area is 143 Å². The first-order valence-electron chi connectivity index (χ1n) is 7.82. The molecule has 4 rings (SSSR count). The van der Waals surface area contributed by atoms with Gasteiger partial charge in [-0.05, 0) is 41.1 Å². The van der Waals surface area contributed by atoms with Gasteiger partial charge < -0.3 is 4.74 Å². The van der Waals surface area contributed by atoms with Crippen LogP contribution >= 0.6 is 11.8 Å². The fourth-order valence-corrected chi connectivity index (χ4v) is 3.33. The number of nitrogens with zero attached hydrogens (tertiary/aromatic N) is 6. The van der Waals surface area contributed by atoms with Crippen LogP contribution in [0.5, 0.6) is 0 Å². The molecule has 1 fully saturated rings. The van der Waals surface area contributed by atoms with E-state index in [0.29, 0.717) is 17.5 Å². The third kappa shape index (κ3) is 3.44. The van der Waals surface area contributed by atoms with Gasteiger partial charge in [0.15, 0.2) is 5.82 Å². The maximum absolute atomic E-state index is 5.66. The second-order valence-corrected chi connectivity index (χ2v) is 6.45. The van der Waals surface area contributed by atoms with E-state index in [2.05, 4.69) is 25.5 Å². The van der Waals surface area contributed by atoms with E-state index in [1.54, 1.807) is 10.9 Å². The highest BCUT2D eigenvalue weighted by Crippen LogP contribution is 2.26. The zero-order chi connectivity index (χ0) is 16.2. The van der Waals surface area contributed by atoms with Crippen LogP contribution in [0.1, 0.15) is 12.8 Å². The Morgan fingerprint density at radius 2 is 2.12 bits per heavy atom. The molecule has 7 nitrogen and oxygen atoms in total. The van der Waals surface area contributed by atoms with Crippen LogP contribution in [0, 0.1) is 0 Å². The molecular formula is C16H16N6OS. The predicted octanol–water partition coefficient (Wildman–Crippen LogP) is 2.46. The fraction of sp³-hybridized carbons (Fsp3) is 0.312. The lowest BCUT2D eigenvalue weighted by atomic mass is 10.2. The molecule has 8 heteroatoms. The zero-order valence-electron chi connectivity index (χ0n) is 12.9. The van der Waals surface area contributed by atoms with Crippen LogP contribution in [0.4, 0.5) is 0 Å². The standard InChI is InChI=1S/C16H16N6OS/c1-2-5-12(6-3-1)15-17-9-8-14(18-15)24-16-19-20-21-22(16)11-13-7-4-10-23-13/h1-3,5-6,8-9,13H,4,7,10-11H2/t13-/m1/s1. The molecule has 0 amide bonds. The van der Waals surface area contributed by atoms with Crippen LogP contribution < -0.4 is 0 Å². The van der Waals surface area contributed by atoms with Crippen molar-refractivity contribution in [2.45, 2.75) is 35.7 Å². The van der Waals surface area contributed by atoms with E-state index in [1.165, 1.54) is 11.8 Å². The molecule has 24 heavy (non-hydrogen) atoms. The molecule has 3 aromatic rings. The van der Waals surface area contributed by atoms with Gasteiger partial charge in [0.05, 0.1) is 12.6 Å². The molecule has 0 N–H and O–H groups in total. The Kier molecular flexibility index (Phi) is 4.48. The smallest absolute Gasteiger partial charge is 0.215 e. The summed E-state index contributed by atoms with van der Waals surface area (Å²) in [5.74, 6) is 0.693. The molecule has 0 unspecified atom stereocenters. The van der Waals surface area contributed by atoms with Gasteiger partial charge in [-0.3, -0.25) is 0 Å². The monoisotopic (exact) mass is 340 g/mol. The number of rotatable bonds is 5. The van der Waals surface area contributed by atoms with Gasteiger partial charge in [0.25, 0.3) is 0 Å². The summed E-state index contributed by atoms with van der Waals surface area (Å²) in [6, 6.07) is 11.8. The van der Waals surface area contributed by atoms with Gasteiger partial charge in [-0.1, -0.05) is 30.3 Å². The van der Waals surface area contributed by atoms with Gasteiger partial charge in [-0.2, -0.15) is 0 Å². The first kappa shape index (κ1) is 15.2. The highest BCUT2D eigenvalue weighted by Gasteiger charge is 2.19. The average molecular weight is 340 g/mol. The zero-order valence-corrected chi connectivity index (χ0v) is 13.8. The van der Waals surface area contributed by atoms with E-state index in [-0.39, 0.29) is 6.10 Å². The summed E-state index contributed by atoms with van der Waals surface area (Å²) in [6.45, 7) is 1.49. The topological polar surface area (TPSA) is 78.6 Å². The quantitative estimate of drug-likeness (QED) is 0.660. The third-order valence-corrected chi connectivity index (χ3v) is 4.67. The lowest BCUT2D eigenvalue weighted by molar-refractivity contribution is 0.0912. The molecule has 2 aromatic heterocycles. The Hall–Kier alpha value is -2.32. The second kappa shape index (κ2) is 7.06. The van der Waals surface area contributed by atoms with Crippen molar-refractivity contribution < 1.29 is 4.74 Å². The van der Waals surface area contributed by atoms with Crippen molar-refractivity contribution >= 4 is 11.8 Å². The highest BCUT2D eigenvalue weighted by molar-refractivity contribution is 7.99. The van der Waals surface area contributed by atoms with E-state index < -0.39 is 0 Å². The van der Waals surface area contributed by atoms with Crippen LogP contribution in [0.25, 0.3) is 11.4 Å². The van der Waals surface area contributed by atoms with Crippen molar-refractivity contribution in [3.05, 3.63) is 42.6 Å². The van der Waals surface area contributed by atoms with E-state index in [4.69, 9.17) is 4.74 Å². The first-order valence-corrected chi connectivity index (χ1v) is 8.64. The van der Waals surface area contributed by atoms with Gasteiger partial charge >= 0.3 is 0 Å². The van der Waals surface area contributed by atoms with Crippen LogP contribution in [-0.2, 0) is 11.3 Å². The molecule has 1 aliphatic heterocycles. The molecule has 1 aliphatic rings. The van der Waals surface area contributed by atoms with Crippen molar-refractivity contribution in [3.63, 3.8) is 0 Å². The Morgan fingerprint density at radius 1 is 1.21 bits per heavy atom. The van der Waals surface area contributed by atoms with Gasteiger partial charge in [0.2, 0.25) is 5.16 Å². The number of tetrazole rings is 1. The number of aromatic nitrogens is 6. The maximum atomic E-state index is 5.66. The molecular weight excluding hydrogens is 324 g/mol. The summed E-state index contributed by atoms with van der Waals surface area (Å²) in [5, 5.41) is 13.5. The summed E-state index contributed by atoms with van der Waals surface area (Å²) in [6.07, 6.45) is 4.10. The molecule has 122 valence electrons. The molecule has 0 saturated carbocycles. The molecule has 0 spiro atoms. The summed E-state index contributed by atoms with van der Waals surface area (Å²) >= 11 is 1.43. The molecule has 1 saturated heterocycles. The van der Waals surface area contributed by atoms with E-state index in [1.807, 2.05) is 36.4 Å². The SMILES string of the molecule is c1ccc(-c2nccc(Sc3nnnn3C[C@H]3CCCO3)n2)cc1. The van der Waals surface area contributed by atoms with Crippen LogP contribution in [0.3, 0.4) is 0 Å². The van der Waals surface area contributed by atoms with Crippen LogP contribution in [0.2, 0.25) is 0 Å². The van der Waals surface area contributed by atoms with E-state index in [0.717, 1.165) is 30.0 Å².